The average Bonchev–Trinajstić information content (AvgIpc) is 3.26. The molecule has 120 valence electrons. The second-order valence-corrected chi connectivity index (χ2v) is 6.69. The number of benzene rings is 1. The number of rotatable bonds is 6. The molecular formula is C17H19N3O2S. The van der Waals surface area contributed by atoms with Crippen molar-refractivity contribution in [1.82, 2.24) is 10.2 Å². The summed E-state index contributed by atoms with van der Waals surface area (Å²) in [6.45, 7) is 1.04. The quantitative estimate of drug-likeness (QED) is 0.855. The molecule has 0 spiro atoms. The molecule has 0 unspecified atom stereocenters. The Hall–Kier alpha value is -2.34. The number of hydrogen-bond acceptors (Lipinski definition) is 3. The second-order valence-electron chi connectivity index (χ2n) is 5.66. The molecule has 0 aliphatic heterocycles. The molecule has 23 heavy (non-hydrogen) atoms. The third kappa shape index (κ3) is 4.10. The van der Waals surface area contributed by atoms with Crippen LogP contribution in [0.5, 0.6) is 0 Å². The van der Waals surface area contributed by atoms with Crippen molar-refractivity contribution in [3.63, 3.8) is 0 Å². The predicted molar refractivity (Wildman–Crippen MR) is 90.1 cm³/mol. The topological polar surface area (TPSA) is 75.4 Å². The van der Waals surface area contributed by atoms with Gasteiger partial charge in [0.1, 0.15) is 0 Å². The fraction of sp³-hybridized carbons (Fsp3) is 0.294. The molecule has 2 aromatic rings. The van der Waals surface area contributed by atoms with Gasteiger partial charge in [-0.2, -0.15) is 0 Å². The Bertz CT molecular complexity index is 678. The van der Waals surface area contributed by atoms with Crippen LogP contribution in [0.25, 0.3) is 0 Å². The summed E-state index contributed by atoms with van der Waals surface area (Å²) in [5.74, 6) is 0.0651. The summed E-state index contributed by atoms with van der Waals surface area (Å²) < 4.78 is 0. The largest absolute Gasteiger partial charge is 0.352 e. The van der Waals surface area contributed by atoms with E-state index in [2.05, 4.69) is 11.4 Å². The van der Waals surface area contributed by atoms with Gasteiger partial charge in [0.15, 0.2) is 0 Å². The fourth-order valence-corrected chi connectivity index (χ4v) is 3.15. The van der Waals surface area contributed by atoms with E-state index < -0.39 is 6.03 Å². The molecule has 1 fully saturated rings. The van der Waals surface area contributed by atoms with Crippen molar-refractivity contribution < 1.29 is 9.59 Å². The van der Waals surface area contributed by atoms with Crippen molar-refractivity contribution in [2.45, 2.75) is 32.0 Å². The molecule has 0 saturated heterocycles. The number of thiophene rings is 1. The van der Waals surface area contributed by atoms with E-state index in [1.165, 1.54) is 4.88 Å². The highest BCUT2D eigenvalue weighted by Crippen LogP contribution is 2.30. The number of carbonyl (C=O) groups excluding carboxylic acids is 2. The van der Waals surface area contributed by atoms with E-state index in [1.54, 1.807) is 11.3 Å². The summed E-state index contributed by atoms with van der Waals surface area (Å²) in [6.07, 6.45) is 2.16. The van der Waals surface area contributed by atoms with Crippen molar-refractivity contribution in [2.75, 3.05) is 0 Å². The van der Waals surface area contributed by atoms with E-state index in [0.717, 1.165) is 18.4 Å². The van der Waals surface area contributed by atoms with E-state index in [1.807, 2.05) is 40.6 Å². The molecule has 1 aliphatic carbocycles. The van der Waals surface area contributed by atoms with Gasteiger partial charge in [-0.25, -0.2) is 4.79 Å². The molecule has 1 heterocycles. The van der Waals surface area contributed by atoms with E-state index in [0.29, 0.717) is 24.7 Å². The van der Waals surface area contributed by atoms with Gasteiger partial charge in [0.25, 0.3) is 5.91 Å². The molecule has 3 amide bonds. The zero-order chi connectivity index (χ0) is 16.2. The molecule has 1 aromatic heterocycles. The molecule has 3 N–H and O–H groups in total. The lowest BCUT2D eigenvalue weighted by Crippen LogP contribution is -2.32. The molecule has 0 radical (unpaired) electrons. The third-order valence-electron chi connectivity index (χ3n) is 3.82. The van der Waals surface area contributed by atoms with Crippen LogP contribution in [-0.2, 0) is 13.1 Å². The van der Waals surface area contributed by atoms with Crippen molar-refractivity contribution in [3.05, 3.63) is 57.8 Å². The highest BCUT2D eigenvalue weighted by molar-refractivity contribution is 7.09. The molecule has 6 heteroatoms. The summed E-state index contributed by atoms with van der Waals surface area (Å²) in [5.41, 5.74) is 6.64. The van der Waals surface area contributed by atoms with Crippen molar-refractivity contribution in [3.8, 4) is 0 Å². The van der Waals surface area contributed by atoms with Crippen LogP contribution in [0, 0.1) is 0 Å². The third-order valence-corrected chi connectivity index (χ3v) is 4.68. The monoisotopic (exact) mass is 329 g/mol. The molecule has 0 bridgehead atoms. The summed E-state index contributed by atoms with van der Waals surface area (Å²) in [7, 11) is 0. The van der Waals surface area contributed by atoms with Crippen LogP contribution < -0.4 is 11.1 Å². The highest BCUT2D eigenvalue weighted by Gasteiger charge is 2.33. The summed E-state index contributed by atoms with van der Waals surface area (Å²) in [4.78, 5) is 26.7. The Morgan fingerprint density at radius 3 is 2.52 bits per heavy atom. The number of urea groups is 1. The van der Waals surface area contributed by atoms with Crippen molar-refractivity contribution in [1.29, 1.82) is 0 Å². The van der Waals surface area contributed by atoms with Gasteiger partial charge in [-0.05, 0) is 42.0 Å². The number of nitrogens with one attached hydrogen (secondary N) is 1. The first kappa shape index (κ1) is 15.6. The van der Waals surface area contributed by atoms with Gasteiger partial charge in [-0.3, -0.25) is 4.79 Å². The van der Waals surface area contributed by atoms with E-state index in [4.69, 9.17) is 5.73 Å². The first-order valence-electron chi connectivity index (χ1n) is 7.59. The molecule has 5 nitrogen and oxygen atoms in total. The summed E-state index contributed by atoms with van der Waals surface area (Å²) >= 11 is 1.67. The maximum absolute atomic E-state index is 12.8. The van der Waals surface area contributed by atoms with Gasteiger partial charge in [-0.1, -0.05) is 18.2 Å². The Labute approximate surface area is 139 Å². The molecule has 3 rings (SSSR count). The first-order chi connectivity index (χ1) is 11.1. The van der Waals surface area contributed by atoms with Gasteiger partial charge in [0, 0.05) is 23.0 Å². The summed E-state index contributed by atoms with van der Waals surface area (Å²) in [6, 6.07) is 11.2. The van der Waals surface area contributed by atoms with Gasteiger partial charge in [0.2, 0.25) is 0 Å². The van der Waals surface area contributed by atoms with E-state index in [-0.39, 0.29) is 5.91 Å². The van der Waals surface area contributed by atoms with Crippen LogP contribution in [0.4, 0.5) is 4.79 Å². The number of carbonyl (C=O) groups is 2. The van der Waals surface area contributed by atoms with Gasteiger partial charge in [0.05, 0.1) is 6.54 Å². The smallest absolute Gasteiger partial charge is 0.312 e. The SMILES string of the molecule is NC(=O)NCc1ccc(C(=O)N(Cc2cccs2)C2CC2)cc1. The minimum atomic E-state index is -0.555. The lowest BCUT2D eigenvalue weighted by atomic mass is 10.1. The number of primary amides is 1. The Kier molecular flexibility index (Phi) is 4.62. The Morgan fingerprint density at radius 1 is 1.22 bits per heavy atom. The zero-order valence-corrected chi connectivity index (χ0v) is 13.5. The number of amides is 3. The van der Waals surface area contributed by atoms with Crippen molar-refractivity contribution >= 4 is 23.3 Å². The minimum Gasteiger partial charge on any atom is -0.352 e. The maximum atomic E-state index is 12.8. The molecule has 1 aliphatic rings. The lowest BCUT2D eigenvalue weighted by Gasteiger charge is -2.22. The Morgan fingerprint density at radius 2 is 1.96 bits per heavy atom. The number of hydrogen-bond donors (Lipinski definition) is 2. The second kappa shape index (κ2) is 6.83. The standard InChI is InChI=1S/C17H19N3O2S/c18-17(22)19-10-12-3-5-13(6-4-12)16(21)20(14-7-8-14)11-15-2-1-9-23-15/h1-6,9,14H,7-8,10-11H2,(H3,18,19,22). The molecule has 1 aromatic carbocycles. The van der Waals surface area contributed by atoms with Crippen LogP contribution in [0.15, 0.2) is 41.8 Å². The number of nitrogens with zero attached hydrogens (tertiary/aromatic N) is 1. The highest BCUT2D eigenvalue weighted by atomic mass is 32.1. The molecule has 0 atom stereocenters. The maximum Gasteiger partial charge on any atom is 0.312 e. The van der Waals surface area contributed by atoms with Crippen LogP contribution in [0.1, 0.15) is 33.6 Å². The van der Waals surface area contributed by atoms with Crippen LogP contribution in [-0.4, -0.2) is 22.9 Å². The van der Waals surface area contributed by atoms with E-state index in [9.17, 15) is 9.59 Å². The predicted octanol–water partition coefficient (Wildman–Crippen LogP) is 2.72. The van der Waals surface area contributed by atoms with Gasteiger partial charge < -0.3 is 16.0 Å². The minimum absolute atomic E-state index is 0.0651. The van der Waals surface area contributed by atoms with Gasteiger partial charge >= 0.3 is 6.03 Å². The fourth-order valence-electron chi connectivity index (χ4n) is 2.44. The Balaban J connectivity index is 1.68. The van der Waals surface area contributed by atoms with Crippen LogP contribution >= 0.6 is 11.3 Å². The zero-order valence-electron chi connectivity index (χ0n) is 12.7. The van der Waals surface area contributed by atoms with Crippen LogP contribution in [0.3, 0.4) is 0 Å². The van der Waals surface area contributed by atoms with E-state index >= 15 is 0 Å². The summed E-state index contributed by atoms with van der Waals surface area (Å²) in [5, 5.41) is 4.57. The number of nitrogens with two attached hydrogens (primary N) is 1. The first-order valence-corrected chi connectivity index (χ1v) is 8.47. The molecule has 1 saturated carbocycles. The lowest BCUT2D eigenvalue weighted by molar-refractivity contribution is 0.0731. The normalized spacial score (nSPS) is 13.6. The van der Waals surface area contributed by atoms with Crippen molar-refractivity contribution in [2.24, 2.45) is 5.73 Å². The average molecular weight is 329 g/mol. The van der Waals surface area contributed by atoms with Gasteiger partial charge in [-0.15, -0.1) is 11.3 Å². The molecular weight excluding hydrogens is 310 g/mol. The van der Waals surface area contributed by atoms with Crippen LogP contribution in [0.2, 0.25) is 0 Å².